The summed E-state index contributed by atoms with van der Waals surface area (Å²) in [5, 5.41) is 2.61. The maximum absolute atomic E-state index is 12.3. The predicted octanol–water partition coefficient (Wildman–Crippen LogP) is 3.61. The minimum Gasteiger partial charge on any atom is -0.459 e. The zero-order valence-electron chi connectivity index (χ0n) is 17.8. The van der Waals surface area contributed by atoms with Crippen molar-refractivity contribution in [3.05, 3.63) is 65.0 Å². The van der Waals surface area contributed by atoms with E-state index in [-0.39, 0.29) is 11.7 Å². The number of hydrogen-bond acceptors (Lipinski definition) is 7. The zero-order valence-corrected chi connectivity index (χ0v) is 17.8. The molecule has 0 aliphatic rings. The summed E-state index contributed by atoms with van der Waals surface area (Å²) in [4.78, 5) is 45.1. The van der Waals surface area contributed by atoms with Crippen LogP contribution in [-0.4, -0.2) is 40.5 Å². The number of carbonyl (C=O) groups is 3. The second kappa shape index (κ2) is 9.34. The van der Waals surface area contributed by atoms with Crippen LogP contribution in [0.15, 0.2) is 42.5 Å². The Bertz CT molecular complexity index is 1140. The lowest BCUT2D eigenvalue weighted by molar-refractivity contribution is -0.119. The molecule has 0 atom stereocenters. The van der Waals surface area contributed by atoms with Crippen LogP contribution in [0.2, 0.25) is 0 Å². The van der Waals surface area contributed by atoms with Gasteiger partial charge in [0.05, 0.1) is 39.7 Å². The van der Waals surface area contributed by atoms with Gasteiger partial charge in [-0.25, -0.2) is 19.6 Å². The number of anilines is 1. The highest BCUT2D eigenvalue weighted by atomic mass is 16.5. The van der Waals surface area contributed by atoms with Gasteiger partial charge < -0.3 is 14.8 Å². The molecule has 0 bridgehead atoms. The highest BCUT2D eigenvalue weighted by molar-refractivity contribution is 5.97. The molecular formula is C23H23N3O5. The SMILES string of the molecule is Cc1nc2ccc(C(=O)OCC(=O)Nc3ccc(C(=O)OC(C)C)cc3)cc2nc1C. The molecule has 1 heterocycles. The number of nitrogens with zero attached hydrogens (tertiary/aromatic N) is 2. The Morgan fingerprint density at radius 1 is 0.871 bits per heavy atom. The van der Waals surface area contributed by atoms with Gasteiger partial charge in [-0.1, -0.05) is 0 Å². The van der Waals surface area contributed by atoms with Crippen molar-refractivity contribution in [2.75, 3.05) is 11.9 Å². The van der Waals surface area contributed by atoms with E-state index in [0.29, 0.717) is 22.3 Å². The predicted molar refractivity (Wildman–Crippen MR) is 115 cm³/mol. The van der Waals surface area contributed by atoms with E-state index >= 15 is 0 Å². The quantitative estimate of drug-likeness (QED) is 0.606. The van der Waals surface area contributed by atoms with Crippen molar-refractivity contribution < 1.29 is 23.9 Å². The number of carbonyl (C=O) groups excluding carboxylic acids is 3. The average molecular weight is 421 g/mol. The monoisotopic (exact) mass is 421 g/mol. The van der Waals surface area contributed by atoms with Gasteiger partial charge in [-0.2, -0.15) is 0 Å². The van der Waals surface area contributed by atoms with E-state index in [1.54, 1.807) is 56.3 Å². The highest BCUT2D eigenvalue weighted by Crippen LogP contribution is 2.15. The molecule has 0 unspecified atom stereocenters. The summed E-state index contributed by atoms with van der Waals surface area (Å²) < 4.78 is 10.2. The number of hydrogen-bond donors (Lipinski definition) is 1. The van der Waals surface area contributed by atoms with Crippen molar-refractivity contribution in [3.8, 4) is 0 Å². The Hall–Kier alpha value is -3.81. The van der Waals surface area contributed by atoms with Crippen molar-refractivity contribution in [1.82, 2.24) is 9.97 Å². The van der Waals surface area contributed by atoms with Crippen LogP contribution in [0.4, 0.5) is 5.69 Å². The van der Waals surface area contributed by atoms with Gasteiger partial charge >= 0.3 is 11.9 Å². The lowest BCUT2D eigenvalue weighted by atomic mass is 10.2. The summed E-state index contributed by atoms with van der Waals surface area (Å²) in [7, 11) is 0. The van der Waals surface area contributed by atoms with Gasteiger partial charge in [0.25, 0.3) is 5.91 Å². The van der Waals surface area contributed by atoms with Gasteiger partial charge in [0.15, 0.2) is 6.61 Å². The third kappa shape index (κ3) is 5.63. The molecule has 0 fully saturated rings. The smallest absolute Gasteiger partial charge is 0.338 e. The number of aryl methyl sites for hydroxylation is 2. The molecule has 0 spiro atoms. The second-order valence-corrected chi connectivity index (χ2v) is 7.25. The zero-order chi connectivity index (χ0) is 22.5. The van der Waals surface area contributed by atoms with Gasteiger partial charge in [0.2, 0.25) is 0 Å². The number of amides is 1. The van der Waals surface area contributed by atoms with Crippen LogP contribution in [0.5, 0.6) is 0 Å². The second-order valence-electron chi connectivity index (χ2n) is 7.25. The third-order valence-electron chi connectivity index (χ3n) is 4.39. The van der Waals surface area contributed by atoms with Crippen molar-refractivity contribution in [3.63, 3.8) is 0 Å². The first-order valence-corrected chi connectivity index (χ1v) is 9.76. The number of rotatable bonds is 6. The molecule has 31 heavy (non-hydrogen) atoms. The fraction of sp³-hybridized carbons (Fsp3) is 0.261. The van der Waals surface area contributed by atoms with Crippen LogP contribution in [0.25, 0.3) is 11.0 Å². The molecule has 0 aliphatic heterocycles. The highest BCUT2D eigenvalue weighted by Gasteiger charge is 2.13. The Morgan fingerprint density at radius 3 is 2.13 bits per heavy atom. The molecule has 8 heteroatoms. The Kier molecular flexibility index (Phi) is 6.59. The molecule has 2 aromatic carbocycles. The Labute approximate surface area is 179 Å². The molecule has 3 aromatic rings. The molecule has 3 rings (SSSR count). The Balaban J connectivity index is 1.57. The fourth-order valence-electron chi connectivity index (χ4n) is 2.74. The van der Waals surface area contributed by atoms with E-state index < -0.39 is 24.5 Å². The van der Waals surface area contributed by atoms with Crippen molar-refractivity contribution in [2.24, 2.45) is 0 Å². The minimum absolute atomic E-state index is 0.218. The minimum atomic E-state index is -0.635. The average Bonchev–Trinajstić information content (AvgIpc) is 2.72. The molecular weight excluding hydrogens is 398 g/mol. The largest absolute Gasteiger partial charge is 0.459 e. The molecule has 1 aromatic heterocycles. The molecule has 0 radical (unpaired) electrons. The van der Waals surface area contributed by atoms with Crippen molar-refractivity contribution >= 4 is 34.6 Å². The number of esters is 2. The summed E-state index contributed by atoms with van der Waals surface area (Å²) in [5.41, 5.74) is 3.99. The van der Waals surface area contributed by atoms with Crippen LogP contribution in [0.1, 0.15) is 46.0 Å². The van der Waals surface area contributed by atoms with Crippen LogP contribution in [0, 0.1) is 13.8 Å². The number of benzene rings is 2. The normalized spacial score (nSPS) is 10.7. The van der Waals surface area contributed by atoms with Gasteiger partial charge in [0.1, 0.15) is 0 Å². The number of fused-ring (bicyclic) bond motifs is 1. The molecule has 0 saturated carbocycles. The van der Waals surface area contributed by atoms with E-state index in [4.69, 9.17) is 9.47 Å². The Morgan fingerprint density at radius 2 is 1.48 bits per heavy atom. The molecule has 1 amide bonds. The summed E-state index contributed by atoms with van der Waals surface area (Å²) in [6.45, 7) is 6.79. The topological polar surface area (TPSA) is 107 Å². The molecule has 1 N–H and O–H groups in total. The van der Waals surface area contributed by atoms with Crippen LogP contribution >= 0.6 is 0 Å². The van der Waals surface area contributed by atoms with Gasteiger partial charge in [0, 0.05) is 5.69 Å². The lowest BCUT2D eigenvalue weighted by Gasteiger charge is -2.09. The summed E-state index contributed by atoms with van der Waals surface area (Å²) in [6, 6.07) is 11.1. The third-order valence-corrected chi connectivity index (χ3v) is 4.39. The van der Waals surface area contributed by atoms with Crippen LogP contribution < -0.4 is 5.32 Å². The number of ether oxygens (including phenoxy) is 2. The molecule has 0 saturated heterocycles. The standard InChI is InChI=1S/C23H23N3O5/c1-13(2)31-23(29)16-5-8-18(9-6-16)26-21(27)12-30-22(28)17-7-10-19-20(11-17)25-15(4)14(3)24-19/h5-11,13H,12H2,1-4H3,(H,26,27). The van der Waals surface area contributed by atoms with E-state index in [2.05, 4.69) is 15.3 Å². The van der Waals surface area contributed by atoms with E-state index in [1.807, 2.05) is 13.8 Å². The van der Waals surface area contributed by atoms with E-state index in [9.17, 15) is 14.4 Å². The first kappa shape index (κ1) is 21.9. The first-order chi connectivity index (χ1) is 14.7. The molecule has 160 valence electrons. The van der Waals surface area contributed by atoms with Gasteiger partial charge in [-0.15, -0.1) is 0 Å². The number of aromatic nitrogens is 2. The lowest BCUT2D eigenvalue weighted by Crippen LogP contribution is -2.21. The maximum Gasteiger partial charge on any atom is 0.338 e. The molecule has 8 nitrogen and oxygen atoms in total. The summed E-state index contributed by atoms with van der Waals surface area (Å²) in [5.74, 6) is -1.58. The van der Waals surface area contributed by atoms with Crippen LogP contribution in [0.3, 0.4) is 0 Å². The van der Waals surface area contributed by atoms with E-state index in [1.165, 1.54) is 0 Å². The van der Waals surface area contributed by atoms with Crippen LogP contribution in [-0.2, 0) is 14.3 Å². The van der Waals surface area contributed by atoms with Gasteiger partial charge in [-0.3, -0.25) is 4.79 Å². The summed E-state index contributed by atoms with van der Waals surface area (Å²) in [6.07, 6.45) is -0.218. The maximum atomic E-state index is 12.3. The summed E-state index contributed by atoms with van der Waals surface area (Å²) >= 11 is 0. The number of nitrogens with one attached hydrogen (secondary N) is 1. The fourth-order valence-corrected chi connectivity index (χ4v) is 2.74. The van der Waals surface area contributed by atoms with E-state index in [0.717, 1.165) is 11.4 Å². The van der Waals surface area contributed by atoms with Crippen molar-refractivity contribution in [1.29, 1.82) is 0 Å². The molecule has 0 aliphatic carbocycles. The van der Waals surface area contributed by atoms with Gasteiger partial charge in [-0.05, 0) is 70.2 Å². The van der Waals surface area contributed by atoms with Crippen molar-refractivity contribution in [2.45, 2.75) is 33.8 Å². The first-order valence-electron chi connectivity index (χ1n) is 9.76.